The smallest absolute Gasteiger partial charge is 0.154 e. The number of hydrogen-bond donors (Lipinski definition) is 2. The highest BCUT2D eigenvalue weighted by atomic mass is 32.2. The van der Waals surface area contributed by atoms with Crippen molar-refractivity contribution < 1.29 is 13.5 Å². The van der Waals surface area contributed by atoms with Crippen molar-refractivity contribution in [1.29, 1.82) is 0 Å². The number of pyridine rings is 1. The van der Waals surface area contributed by atoms with Crippen LogP contribution in [0, 0.1) is 0 Å². The molecule has 0 bridgehead atoms. The zero-order valence-electron chi connectivity index (χ0n) is 8.70. The molecule has 2 N–H and O–H groups in total. The Hall–Kier alpha value is -0.980. The minimum absolute atomic E-state index is 0.00836. The van der Waals surface area contributed by atoms with E-state index in [1.807, 2.05) is 12.1 Å². The SMILES string of the molecule is O=S1(=O)CC(O)[C@@H](NCc2cccnc2)C1. The summed E-state index contributed by atoms with van der Waals surface area (Å²) < 4.78 is 22.5. The van der Waals surface area contributed by atoms with Gasteiger partial charge in [0.15, 0.2) is 9.84 Å². The molecule has 0 saturated carbocycles. The lowest BCUT2D eigenvalue weighted by Gasteiger charge is -2.14. The van der Waals surface area contributed by atoms with E-state index in [0.717, 1.165) is 5.56 Å². The zero-order chi connectivity index (χ0) is 11.6. The van der Waals surface area contributed by atoms with Gasteiger partial charge in [0, 0.05) is 25.0 Å². The van der Waals surface area contributed by atoms with Gasteiger partial charge >= 0.3 is 0 Å². The lowest BCUT2D eigenvalue weighted by atomic mass is 10.2. The van der Waals surface area contributed by atoms with Gasteiger partial charge in [0.1, 0.15) is 0 Å². The Morgan fingerprint density at radius 1 is 1.50 bits per heavy atom. The molecule has 0 aliphatic carbocycles. The quantitative estimate of drug-likeness (QED) is 0.735. The van der Waals surface area contributed by atoms with E-state index in [9.17, 15) is 13.5 Å². The highest BCUT2D eigenvalue weighted by molar-refractivity contribution is 7.91. The molecule has 1 saturated heterocycles. The Bertz CT molecular complexity index is 446. The Balaban J connectivity index is 1.92. The number of aliphatic hydroxyl groups excluding tert-OH is 1. The molecule has 88 valence electrons. The second-order valence-electron chi connectivity index (χ2n) is 3.99. The van der Waals surface area contributed by atoms with Gasteiger partial charge in [0.25, 0.3) is 0 Å². The van der Waals surface area contributed by atoms with Crippen LogP contribution in [-0.2, 0) is 16.4 Å². The number of aromatic nitrogens is 1. The van der Waals surface area contributed by atoms with Gasteiger partial charge in [-0.05, 0) is 11.6 Å². The molecule has 1 aliphatic heterocycles. The molecule has 1 aromatic rings. The Morgan fingerprint density at radius 3 is 2.88 bits per heavy atom. The summed E-state index contributed by atoms with van der Waals surface area (Å²) in [7, 11) is -3.08. The van der Waals surface area contributed by atoms with Crippen molar-refractivity contribution in [2.45, 2.75) is 18.7 Å². The Kier molecular flexibility index (Phi) is 3.22. The summed E-state index contributed by atoms with van der Waals surface area (Å²) in [6.45, 7) is 0.519. The molecule has 1 unspecified atom stereocenters. The van der Waals surface area contributed by atoms with Crippen LogP contribution in [0.25, 0.3) is 0 Å². The molecule has 2 heterocycles. The average Bonchev–Trinajstić information content (AvgIpc) is 2.50. The van der Waals surface area contributed by atoms with Crippen molar-refractivity contribution in [2.24, 2.45) is 0 Å². The first-order valence-corrected chi connectivity index (χ1v) is 6.90. The van der Waals surface area contributed by atoms with Crippen LogP contribution in [0.2, 0.25) is 0 Å². The number of hydrogen-bond acceptors (Lipinski definition) is 5. The van der Waals surface area contributed by atoms with Crippen molar-refractivity contribution in [3.8, 4) is 0 Å². The molecule has 1 aromatic heterocycles. The van der Waals surface area contributed by atoms with Crippen molar-refractivity contribution in [3.63, 3.8) is 0 Å². The summed E-state index contributed by atoms with van der Waals surface area (Å²) in [6, 6.07) is 3.35. The van der Waals surface area contributed by atoms with Gasteiger partial charge in [-0.1, -0.05) is 6.07 Å². The molecule has 16 heavy (non-hydrogen) atoms. The molecule has 2 atom stereocenters. The minimum Gasteiger partial charge on any atom is -0.390 e. The molecule has 5 nitrogen and oxygen atoms in total. The van der Waals surface area contributed by atoms with Gasteiger partial charge in [0.05, 0.1) is 17.6 Å². The fraction of sp³-hybridized carbons (Fsp3) is 0.500. The fourth-order valence-corrected chi connectivity index (χ4v) is 3.55. The average molecular weight is 242 g/mol. The van der Waals surface area contributed by atoms with Gasteiger partial charge in [0.2, 0.25) is 0 Å². The third-order valence-corrected chi connectivity index (χ3v) is 4.33. The highest BCUT2D eigenvalue weighted by Gasteiger charge is 2.35. The first kappa shape index (κ1) is 11.5. The van der Waals surface area contributed by atoms with E-state index < -0.39 is 15.9 Å². The van der Waals surface area contributed by atoms with Gasteiger partial charge < -0.3 is 10.4 Å². The summed E-state index contributed by atoms with van der Waals surface area (Å²) in [6.07, 6.45) is 2.59. The van der Waals surface area contributed by atoms with Gasteiger partial charge in [-0.25, -0.2) is 8.42 Å². The lowest BCUT2D eigenvalue weighted by Crippen LogP contribution is -2.38. The van der Waals surface area contributed by atoms with Crippen LogP contribution in [0.1, 0.15) is 5.56 Å². The molecule has 2 rings (SSSR count). The summed E-state index contributed by atoms with van der Waals surface area (Å²) in [5.41, 5.74) is 0.971. The standard InChI is InChI=1S/C10H14N2O3S/c13-10-7-16(14,15)6-9(10)12-5-8-2-1-3-11-4-8/h1-4,9-10,12-13H,5-7H2/t9-,10?/m0/s1. The van der Waals surface area contributed by atoms with E-state index in [1.54, 1.807) is 12.4 Å². The topological polar surface area (TPSA) is 79.3 Å². The lowest BCUT2D eigenvalue weighted by molar-refractivity contribution is 0.165. The Labute approximate surface area is 94.4 Å². The van der Waals surface area contributed by atoms with E-state index >= 15 is 0 Å². The second kappa shape index (κ2) is 4.48. The monoisotopic (exact) mass is 242 g/mol. The zero-order valence-corrected chi connectivity index (χ0v) is 9.52. The second-order valence-corrected chi connectivity index (χ2v) is 6.15. The van der Waals surface area contributed by atoms with Crippen LogP contribution >= 0.6 is 0 Å². The molecule has 0 radical (unpaired) electrons. The van der Waals surface area contributed by atoms with Crippen molar-refractivity contribution >= 4 is 9.84 Å². The van der Waals surface area contributed by atoms with E-state index in [1.165, 1.54) is 0 Å². The van der Waals surface area contributed by atoms with Gasteiger partial charge in [-0.2, -0.15) is 0 Å². The maximum absolute atomic E-state index is 11.3. The summed E-state index contributed by atoms with van der Waals surface area (Å²) in [4.78, 5) is 3.96. The summed E-state index contributed by atoms with van der Waals surface area (Å²) in [5.74, 6) is -0.133. The number of rotatable bonds is 3. The van der Waals surface area contributed by atoms with E-state index in [4.69, 9.17) is 0 Å². The number of nitrogens with one attached hydrogen (secondary N) is 1. The van der Waals surface area contributed by atoms with Crippen LogP contribution in [0.15, 0.2) is 24.5 Å². The predicted octanol–water partition coefficient (Wildman–Crippen LogP) is -0.671. The van der Waals surface area contributed by atoms with Crippen molar-refractivity contribution in [1.82, 2.24) is 10.3 Å². The maximum atomic E-state index is 11.3. The Morgan fingerprint density at radius 2 is 2.31 bits per heavy atom. The van der Waals surface area contributed by atoms with Crippen molar-refractivity contribution in [2.75, 3.05) is 11.5 Å². The first-order chi connectivity index (χ1) is 7.57. The van der Waals surface area contributed by atoms with Crippen LogP contribution in [-0.4, -0.2) is 42.2 Å². The van der Waals surface area contributed by atoms with Crippen LogP contribution in [0.3, 0.4) is 0 Å². The highest BCUT2D eigenvalue weighted by Crippen LogP contribution is 2.12. The number of nitrogens with zero attached hydrogens (tertiary/aromatic N) is 1. The predicted molar refractivity (Wildman–Crippen MR) is 59.5 cm³/mol. The van der Waals surface area contributed by atoms with Gasteiger partial charge in [-0.15, -0.1) is 0 Å². The molecule has 6 heteroatoms. The molecular weight excluding hydrogens is 228 g/mol. The largest absolute Gasteiger partial charge is 0.390 e. The molecule has 0 aromatic carbocycles. The number of aliphatic hydroxyl groups is 1. The maximum Gasteiger partial charge on any atom is 0.154 e. The van der Waals surface area contributed by atoms with E-state index in [-0.39, 0.29) is 17.5 Å². The molecule has 1 fully saturated rings. The van der Waals surface area contributed by atoms with E-state index in [0.29, 0.717) is 6.54 Å². The molecule has 1 aliphatic rings. The normalized spacial score (nSPS) is 28.1. The molecule has 0 spiro atoms. The first-order valence-electron chi connectivity index (χ1n) is 5.07. The minimum atomic E-state index is -3.08. The van der Waals surface area contributed by atoms with Crippen molar-refractivity contribution in [3.05, 3.63) is 30.1 Å². The van der Waals surface area contributed by atoms with Gasteiger partial charge in [-0.3, -0.25) is 4.98 Å². The molecular formula is C10H14N2O3S. The van der Waals surface area contributed by atoms with Crippen LogP contribution < -0.4 is 5.32 Å². The molecule has 0 amide bonds. The summed E-state index contributed by atoms with van der Waals surface area (Å²) >= 11 is 0. The third-order valence-electron chi connectivity index (χ3n) is 2.61. The van der Waals surface area contributed by atoms with E-state index in [2.05, 4.69) is 10.3 Å². The van der Waals surface area contributed by atoms with Crippen LogP contribution in [0.4, 0.5) is 0 Å². The fourth-order valence-electron chi connectivity index (χ4n) is 1.78. The number of sulfone groups is 1. The third kappa shape index (κ3) is 2.78. The van der Waals surface area contributed by atoms with Crippen LogP contribution in [0.5, 0.6) is 0 Å². The summed E-state index contributed by atoms with van der Waals surface area (Å²) in [5, 5.41) is 12.6.